The number of aromatic amines is 1. The summed E-state index contributed by atoms with van der Waals surface area (Å²) in [4.78, 5) is 33.8. The highest BCUT2D eigenvalue weighted by atomic mass is 16.5. The van der Waals surface area contributed by atoms with E-state index < -0.39 is 23.7 Å². The maximum atomic E-state index is 12.0. The van der Waals surface area contributed by atoms with E-state index in [4.69, 9.17) is 10.8 Å². The highest BCUT2D eigenvalue weighted by Gasteiger charge is 2.15. The van der Waals surface area contributed by atoms with E-state index in [1.165, 1.54) is 13.2 Å². The molecule has 0 bridgehead atoms. The van der Waals surface area contributed by atoms with Gasteiger partial charge in [-0.25, -0.2) is 9.89 Å². The molecule has 1 amide bonds. The zero-order valence-electron chi connectivity index (χ0n) is 12.8. The van der Waals surface area contributed by atoms with E-state index in [0.717, 1.165) is 0 Å². The number of carbonyl (C=O) groups excluding carboxylic acids is 1. The SMILES string of the molecule is COC(=O)Nc1ccc(-c2cc(C(N)CC(=O)O)n[nH]c2=O)cc1. The van der Waals surface area contributed by atoms with Crippen LogP contribution in [0, 0.1) is 0 Å². The van der Waals surface area contributed by atoms with Crippen LogP contribution in [0.15, 0.2) is 35.1 Å². The van der Waals surface area contributed by atoms with E-state index in [1.807, 2.05) is 0 Å². The number of carboxylic acid groups (broad SMARTS) is 1. The molecule has 1 aromatic carbocycles. The van der Waals surface area contributed by atoms with Gasteiger partial charge < -0.3 is 15.6 Å². The topological polar surface area (TPSA) is 147 Å². The van der Waals surface area contributed by atoms with Gasteiger partial charge in [-0.05, 0) is 23.8 Å². The van der Waals surface area contributed by atoms with Crippen LogP contribution in [0.3, 0.4) is 0 Å². The van der Waals surface area contributed by atoms with Crippen LogP contribution in [-0.2, 0) is 9.53 Å². The summed E-state index contributed by atoms with van der Waals surface area (Å²) < 4.78 is 4.49. The number of rotatable bonds is 5. The molecule has 0 aliphatic heterocycles. The Kier molecular flexibility index (Phi) is 5.27. The first-order valence-corrected chi connectivity index (χ1v) is 6.93. The van der Waals surface area contributed by atoms with Crippen molar-refractivity contribution in [2.24, 2.45) is 5.73 Å². The lowest BCUT2D eigenvalue weighted by atomic mass is 10.0. The van der Waals surface area contributed by atoms with Gasteiger partial charge in [-0.1, -0.05) is 12.1 Å². The number of aliphatic carboxylic acids is 1. The average Bonchev–Trinajstić information content (AvgIpc) is 2.55. The minimum absolute atomic E-state index is 0.267. The number of carbonyl (C=O) groups is 2. The Morgan fingerprint density at radius 3 is 2.62 bits per heavy atom. The lowest BCUT2D eigenvalue weighted by molar-refractivity contribution is -0.137. The van der Waals surface area contributed by atoms with E-state index in [2.05, 4.69) is 20.3 Å². The van der Waals surface area contributed by atoms with Crippen LogP contribution in [0.1, 0.15) is 18.2 Å². The van der Waals surface area contributed by atoms with Crippen molar-refractivity contribution >= 4 is 17.7 Å². The van der Waals surface area contributed by atoms with E-state index in [1.54, 1.807) is 24.3 Å². The molecular formula is C15H16N4O5. The van der Waals surface area contributed by atoms with Crippen molar-refractivity contribution in [1.82, 2.24) is 10.2 Å². The van der Waals surface area contributed by atoms with E-state index in [-0.39, 0.29) is 12.1 Å². The Morgan fingerprint density at radius 1 is 1.38 bits per heavy atom. The minimum atomic E-state index is -1.06. The molecule has 24 heavy (non-hydrogen) atoms. The van der Waals surface area contributed by atoms with Crippen molar-refractivity contribution in [1.29, 1.82) is 0 Å². The predicted octanol–water partition coefficient (Wildman–Crippen LogP) is 1.09. The molecule has 1 atom stereocenters. The quantitative estimate of drug-likeness (QED) is 0.640. The molecule has 5 N–H and O–H groups in total. The predicted molar refractivity (Wildman–Crippen MR) is 85.5 cm³/mol. The fraction of sp³-hybridized carbons (Fsp3) is 0.200. The molecule has 0 aliphatic carbocycles. The molecule has 2 aromatic rings. The van der Waals surface area contributed by atoms with Gasteiger partial charge >= 0.3 is 12.1 Å². The molecule has 2 rings (SSSR count). The molecule has 0 saturated carbocycles. The van der Waals surface area contributed by atoms with Gasteiger partial charge in [0.15, 0.2) is 0 Å². The molecule has 0 aliphatic rings. The Hall–Kier alpha value is -3.20. The highest BCUT2D eigenvalue weighted by molar-refractivity contribution is 5.85. The Morgan fingerprint density at radius 2 is 2.04 bits per heavy atom. The van der Waals surface area contributed by atoms with Crippen molar-refractivity contribution in [3.05, 3.63) is 46.4 Å². The van der Waals surface area contributed by atoms with Gasteiger partial charge in [0.05, 0.1) is 30.8 Å². The monoisotopic (exact) mass is 332 g/mol. The average molecular weight is 332 g/mol. The van der Waals surface area contributed by atoms with E-state index in [9.17, 15) is 14.4 Å². The van der Waals surface area contributed by atoms with Gasteiger partial charge in [0.1, 0.15) is 0 Å². The van der Waals surface area contributed by atoms with Gasteiger partial charge in [-0.2, -0.15) is 5.10 Å². The third-order valence-corrected chi connectivity index (χ3v) is 3.23. The number of benzene rings is 1. The van der Waals surface area contributed by atoms with Crippen LogP contribution in [0.5, 0.6) is 0 Å². The number of ether oxygens (including phenoxy) is 1. The number of hydrogen-bond donors (Lipinski definition) is 4. The Bertz CT molecular complexity index is 800. The van der Waals surface area contributed by atoms with Crippen LogP contribution in [-0.4, -0.2) is 34.5 Å². The van der Waals surface area contributed by atoms with Crippen molar-refractivity contribution in [2.45, 2.75) is 12.5 Å². The second-order valence-corrected chi connectivity index (χ2v) is 4.93. The first-order valence-electron chi connectivity index (χ1n) is 6.93. The number of H-pyrrole nitrogens is 1. The number of aromatic nitrogens is 2. The zero-order valence-corrected chi connectivity index (χ0v) is 12.8. The zero-order chi connectivity index (χ0) is 17.7. The van der Waals surface area contributed by atoms with Crippen LogP contribution in [0.25, 0.3) is 11.1 Å². The lowest BCUT2D eigenvalue weighted by Gasteiger charge is -2.10. The van der Waals surface area contributed by atoms with Gasteiger partial charge in [0, 0.05) is 5.69 Å². The fourth-order valence-corrected chi connectivity index (χ4v) is 2.02. The molecule has 1 unspecified atom stereocenters. The highest BCUT2D eigenvalue weighted by Crippen LogP contribution is 2.21. The summed E-state index contributed by atoms with van der Waals surface area (Å²) in [7, 11) is 1.25. The number of nitrogens with one attached hydrogen (secondary N) is 2. The molecule has 0 fully saturated rings. The van der Waals surface area contributed by atoms with E-state index >= 15 is 0 Å². The number of hydrogen-bond acceptors (Lipinski definition) is 6. The number of nitrogens with two attached hydrogens (primary N) is 1. The summed E-state index contributed by atoms with van der Waals surface area (Å²) in [6.07, 6.45) is -0.910. The molecule has 1 aromatic heterocycles. The Labute approximate surface area is 136 Å². The number of methoxy groups -OCH3 is 1. The summed E-state index contributed by atoms with van der Waals surface area (Å²) in [6.45, 7) is 0. The number of carboxylic acids is 1. The summed E-state index contributed by atoms with van der Waals surface area (Å²) in [5.41, 5.74) is 6.96. The molecule has 9 nitrogen and oxygen atoms in total. The normalized spacial score (nSPS) is 11.6. The maximum Gasteiger partial charge on any atom is 0.411 e. The third kappa shape index (κ3) is 4.17. The first kappa shape index (κ1) is 17.2. The largest absolute Gasteiger partial charge is 0.481 e. The maximum absolute atomic E-state index is 12.0. The smallest absolute Gasteiger partial charge is 0.411 e. The molecule has 9 heteroatoms. The number of amides is 1. The van der Waals surface area contributed by atoms with Crippen molar-refractivity contribution < 1.29 is 19.4 Å². The molecule has 0 saturated heterocycles. The van der Waals surface area contributed by atoms with Crippen molar-refractivity contribution in [3.63, 3.8) is 0 Å². The number of nitrogens with zero attached hydrogens (tertiary/aromatic N) is 1. The van der Waals surface area contributed by atoms with Crippen LogP contribution < -0.4 is 16.6 Å². The fourth-order valence-electron chi connectivity index (χ4n) is 2.02. The summed E-state index contributed by atoms with van der Waals surface area (Å²) in [5, 5.41) is 17.4. The summed E-state index contributed by atoms with van der Waals surface area (Å²) >= 11 is 0. The second kappa shape index (κ2) is 7.38. The van der Waals surface area contributed by atoms with Gasteiger partial charge in [-0.15, -0.1) is 0 Å². The second-order valence-electron chi connectivity index (χ2n) is 4.93. The first-order chi connectivity index (χ1) is 11.4. The molecule has 0 radical (unpaired) electrons. The Balaban J connectivity index is 2.29. The van der Waals surface area contributed by atoms with Gasteiger partial charge in [-0.3, -0.25) is 14.9 Å². The van der Waals surface area contributed by atoms with Crippen molar-refractivity contribution in [3.8, 4) is 11.1 Å². The van der Waals surface area contributed by atoms with E-state index in [0.29, 0.717) is 16.8 Å². The summed E-state index contributed by atoms with van der Waals surface area (Å²) in [5.74, 6) is -1.06. The summed E-state index contributed by atoms with van der Waals surface area (Å²) in [6, 6.07) is 7.07. The number of anilines is 1. The minimum Gasteiger partial charge on any atom is -0.481 e. The van der Waals surface area contributed by atoms with Crippen LogP contribution in [0.4, 0.5) is 10.5 Å². The molecule has 1 heterocycles. The van der Waals surface area contributed by atoms with Gasteiger partial charge in [0.2, 0.25) is 0 Å². The molecule has 126 valence electrons. The third-order valence-electron chi connectivity index (χ3n) is 3.23. The van der Waals surface area contributed by atoms with Crippen LogP contribution >= 0.6 is 0 Å². The van der Waals surface area contributed by atoms with Crippen molar-refractivity contribution in [2.75, 3.05) is 12.4 Å². The van der Waals surface area contributed by atoms with Crippen LogP contribution in [0.2, 0.25) is 0 Å². The molecule has 0 spiro atoms. The van der Waals surface area contributed by atoms with Gasteiger partial charge in [0.25, 0.3) is 5.56 Å². The molecular weight excluding hydrogens is 316 g/mol. The lowest BCUT2D eigenvalue weighted by Crippen LogP contribution is -2.20. The standard InChI is InChI=1S/C15H16N4O5/c1-24-15(23)17-9-4-2-8(3-5-9)10-6-12(18-19-14(10)22)11(16)7-13(20)21/h2-6,11H,7,16H2,1H3,(H,17,23)(H,19,22)(H,20,21).